The van der Waals surface area contributed by atoms with Gasteiger partial charge in [0.05, 0.1) is 4.92 Å². The second-order valence-corrected chi connectivity index (χ2v) is 6.82. The summed E-state index contributed by atoms with van der Waals surface area (Å²) in [5.41, 5.74) is -0.609. The van der Waals surface area contributed by atoms with Crippen molar-refractivity contribution >= 4 is 17.6 Å². The smallest absolute Gasteiger partial charge is 0.410 e. The minimum absolute atomic E-state index is 0.0705. The zero-order chi connectivity index (χ0) is 18.6. The third kappa shape index (κ3) is 5.04. The summed E-state index contributed by atoms with van der Waals surface area (Å²) in [5.74, 6) is 0.0831. The maximum atomic E-state index is 12.1. The lowest BCUT2D eigenvalue weighted by atomic mass is 10.1. The van der Waals surface area contributed by atoms with E-state index in [-0.39, 0.29) is 29.3 Å². The van der Waals surface area contributed by atoms with Crippen molar-refractivity contribution in [1.29, 1.82) is 5.26 Å². The molecule has 1 aromatic heterocycles. The number of rotatable bonds is 3. The SMILES string of the molecule is CC(C)(C)OC(=O)N1CCC(Nc2nc(C#N)ccc2[N+](=O)[O-])CC1. The molecule has 1 fully saturated rings. The van der Waals surface area contributed by atoms with E-state index in [4.69, 9.17) is 10.00 Å². The highest BCUT2D eigenvalue weighted by molar-refractivity contribution is 5.68. The van der Waals surface area contributed by atoms with Crippen molar-refractivity contribution in [1.82, 2.24) is 9.88 Å². The summed E-state index contributed by atoms with van der Waals surface area (Å²) >= 11 is 0. The second-order valence-electron chi connectivity index (χ2n) is 6.82. The number of carbonyl (C=O) groups excluding carboxylic acids is 1. The summed E-state index contributed by atoms with van der Waals surface area (Å²) in [4.78, 5) is 28.2. The number of carbonyl (C=O) groups is 1. The van der Waals surface area contributed by atoms with Crippen molar-refractivity contribution in [2.75, 3.05) is 18.4 Å². The van der Waals surface area contributed by atoms with Crippen LogP contribution in [-0.2, 0) is 4.74 Å². The second kappa shape index (κ2) is 7.34. The van der Waals surface area contributed by atoms with Gasteiger partial charge in [0.15, 0.2) is 0 Å². The molecule has 0 bridgehead atoms. The molecule has 0 atom stereocenters. The fraction of sp³-hybridized carbons (Fsp3) is 0.562. The summed E-state index contributed by atoms with van der Waals surface area (Å²) in [6.07, 6.45) is 0.852. The van der Waals surface area contributed by atoms with Crippen LogP contribution in [-0.4, -0.2) is 45.6 Å². The van der Waals surface area contributed by atoms with Gasteiger partial charge >= 0.3 is 11.8 Å². The van der Waals surface area contributed by atoms with E-state index < -0.39 is 10.5 Å². The van der Waals surface area contributed by atoms with Crippen molar-refractivity contribution in [3.63, 3.8) is 0 Å². The molecule has 0 radical (unpaired) electrons. The molecule has 9 heteroatoms. The highest BCUT2D eigenvalue weighted by atomic mass is 16.6. The highest BCUT2D eigenvalue weighted by Crippen LogP contribution is 2.25. The topological polar surface area (TPSA) is 121 Å². The molecule has 2 rings (SSSR count). The Morgan fingerprint density at radius 2 is 2.08 bits per heavy atom. The molecule has 9 nitrogen and oxygen atoms in total. The van der Waals surface area contributed by atoms with E-state index in [9.17, 15) is 14.9 Å². The molecule has 0 saturated carbocycles. The van der Waals surface area contributed by atoms with Crippen molar-refractivity contribution in [2.24, 2.45) is 0 Å². The zero-order valence-corrected chi connectivity index (χ0v) is 14.5. The van der Waals surface area contributed by atoms with Crippen LogP contribution in [0.25, 0.3) is 0 Å². The molecular weight excluding hydrogens is 326 g/mol. The maximum Gasteiger partial charge on any atom is 0.410 e. The number of anilines is 1. The van der Waals surface area contributed by atoms with E-state index in [1.54, 1.807) is 4.90 Å². The predicted octanol–water partition coefficient (Wildman–Crippen LogP) is 2.67. The highest BCUT2D eigenvalue weighted by Gasteiger charge is 2.28. The van der Waals surface area contributed by atoms with E-state index in [0.717, 1.165) is 0 Å². The van der Waals surface area contributed by atoms with Crippen LogP contribution in [0.1, 0.15) is 39.3 Å². The van der Waals surface area contributed by atoms with Crippen LogP contribution in [0.2, 0.25) is 0 Å². The number of hydrogen-bond donors (Lipinski definition) is 1. The number of likely N-dealkylation sites (tertiary alicyclic amines) is 1. The Balaban J connectivity index is 2.00. The van der Waals surface area contributed by atoms with Gasteiger partial charge in [-0.1, -0.05) is 0 Å². The number of nitrogens with one attached hydrogen (secondary N) is 1. The number of aromatic nitrogens is 1. The van der Waals surface area contributed by atoms with Crippen LogP contribution in [0.5, 0.6) is 0 Å². The van der Waals surface area contributed by atoms with Crippen LogP contribution in [0.3, 0.4) is 0 Å². The molecule has 0 spiro atoms. The summed E-state index contributed by atoms with van der Waals surface area (Å²) < 4.78 is 5.34. The first-order valence-electron chi connectivity index (χ1n) is 7.99. The van der Waals surface area contributed by atoms with E-state index in [1.165, 1.54) is 12.1 Å². The van der Waals surface area contributed by atoms with Crippen molar-refractivity contribution in [3.8, 4) is 6.07 Å². The van der Waals surface area contributed by atoms with Crippen LogP contribution < -0.4 is 5.32 Å². The van der Waals surface area contributed by atoms with Gasteiger partial charge in [0.2, 0.25) is 5.82 Å². The first-order chi connectivity index (χ1) is 11.7. The first-order valence-corrected chi connectivity index (χ1v) is 7.99. The lowest BCUT2D eigenvalue weighted by molar-refractivity contribution is -0.384. The van der Waals surface area contributed by atoms with E-state index >= 15 is 0 Å². The molecule has 2 heterocycles. The van der Waals surface area contributed by atoms with Gasteiger partial charge in [-0.25, -0.2) is 9.78 Å². The lowest BCUT2D eigenvalue weighted by Gasteiger charge is -2.33. The zero-order valence-electron chi connectivity index (χ0n) is 14.5. The number of hydrogen-bond acceptors (Lipinski definition) is 7. The van der Waals surface area contributed by atoms with Crippen molar-refractivity contribution in [2.45, 2.75) is 45.3 Å². The van der Waals surface area contributed by atoms with Crippen LogP contribution in [0.15, 0.2) is 12.1 Å². The molecular formula is C16H21N5O4. The van der Waals surface area contributed by atoms with Gasteiger partial charge in [0.25, 0.3) is 0 Å². The van der Waals surface area contributed by atoms with Crippen LogP contribution in [0.4, 0.5) is 16.3 Å². The van der Waals surface area contributed by atoms with Gasteiger partial charge in [0.1, 0.15) is 17.4 Å². The van der Waals surface area contributed by atoms with E-state index in [0.29, 0.717) is 25.9 Å². The Morgan fingerprint density at radius 3 is 2.60 bits per heavy atom. The summed E-state index contributed by atoms with van der Waals surface area (Å²) in [5, 5.41) is 23.1. The van der Waals surface area contributed by atoms with Gasteiger partial charge in [-0.15, -0.1) is 0 Å². The number of amides is 1. The molecule has 1 N–H and O–H groups in total. The van der Waals surface area contributed by atoms with Gasteiger partial charge in [-0.05, 0) is 39.7 Å². The molecule has 0 aromatic carbocycles. The van der Waals surface area contributed by atoms with Crippen LogP contribution >= 0.6 is 0 Å². The van der Waals surface area contributed by atoms with Gasteiger partial charge in [-0.3, -0.25) is 10.1 Å². The fourth-order valence-electron chi connectivity index (χ4n) is 2.49. The predicted molar refractivity (Wildman–Crippen MR) is 90.1 cm³/mol. The lowest BCUT2D eigenvalue weighted by Crippen LogP contribution is -2.44. The Morgan fingerprint density at radius 1 is 1.44 bits per heavy atom. The quantitative estimate of drug-likeness (QED) is 0.659. The van der Waals surface area contributed by atoms with E-state index in [2.05, 4.69) is 10.3 Å². The largest absolute Gasteiger partial charge is 0.444 e. The van der Waals surface area contributed by atoms with Crippen LogP contribution in [0, 0.1) is 21.4 Å². The molecule has 134 valence electrons. The number of pyridine rings is 1. The Labute approximate surface area is 145 Å². The monoisotopic (exact) mass is 347 g/mol. The Hall–Kier alpha value is -2.89. The molecule has 1 aliphatic rings. The average molecular weight is 347 g/mol. The molecule has 0 unspecified atom stereocenters. The number of nitrogens with zero attached hydrogens (tertiary/aromatic N) is 4. The first kappa shape index (κ1) is 18.4. The standard InChI is InChI=1S/C16H21N5O4/c1-16(2,3)25-15(22)20-8-6-11(7-9-20)18-14-13(21(23)24)5-4-12(10-17)19-14/h4-5,11H,6-9H2,1-3H3,(H,18,19). The van der Waals surface area contributed by atoms with Gasteiger partial charge in [0, 0.05) is 25.2 Å². The maximum absolute atomic E-state index is 12.1. The van der Waals surface area contributed by atoms with Crippen molar-refractivity contribution < 1.29 is 14.5 Å². The van der Waals surface area contributed by atoms with E-state index in [1.807, 2.05) is 26.8 Å². The Kier molecular flexibility index (Phi) is 5.41. The number of nitro groups is 1. The third-order valence-electron chi connectivity index (χ3n) is 3.67. The Bertz CT molecular complexity index is 699. The number of ether oxygens (including phenoxy) is 1. The van der Waals surface area contributed by atoms with Gasteiger partial charge < -0.3 is 15.0 Å². The number of nitriles is 1. The molecule has 1 aliphatic heterocycles. The summed E-state index contributed by atoms with van der Waals surface area (Å²) in [7, 11) is 0. The molecule has 1 saturated heterocycles. The molecule has 1 aromatic rings. The minimum atomic E-state index is -0.547. The van der Waals surface area contributed by atoms with Gasteiger partial charge in [-0.2, -0.15) is 5.26 Å². The fourth-order valence-corrected chi connectivity index (χ4v) is 2.49. The molecule has 0 aliphatic carbocycles. The molecule has 25 heavy (non-hydrogen) atoms. The number of piperidine rings is 1. The minimum Gasteiger partial charge on any atom is -0.444 e. The van der Waals surface area contributed by atoms with Crippen molar-refractivity contribution in [3.05, 3.63) is 27.9 Å². The summed E-state index contributed by atoms with van der Waals surface area (Å²) in [6.45, 7) is 6.40. The normalized spacial score (nSPS) is 15.4. The summed E-state index contributed by atoms with van der Waals surface area (Å²) in [6, 6.07) is 4.38. The third-order valence-corrected chi connectivity index (χ3v) is 3.67. The molecule has 1 amide bonds. The average Bonchev–Trinajstić information content (AvgIpc) is 2.53.